The fourth-order valence-electron chi connectivity index (χ4n) is 3.17. The van der Waals surface area contributed by atoms with Crippen LogP contribution in [0.5, 0.6) is 0 Å². The van der Waals surface area contributed by atoms with E-state index in [-0.39, 0.29) is 11.7 Å². The SMILES string of the molecule is CC1CCCC(n2nnnc2-c2ccc(N)c(F)c2)C1C. The van der Waals surface area contributed by atoms with Crippen LogP contribution in [-0.4, -0.2) is 20.2 Å². The summed E-state index contributed by atoms with van der Waals surface area (Å²) in [6.45, 7) is 4.51. The van der Waals surface area contributed by atoms with E-state index in [1.54, 1.807) is 12.1 Å². The predicted octanol–water partition coefficient (Wildman–Crippen LogP) is 3.06. The van der Waals surface area contributed by atoms with Gasteiger partial charge in [0.2, 0.25) is 0 Å². The second-order valence-electron chi connectivity index (χ2n) is 6.02. The van der Waals surface area contributed by atoms with Crippen molar-refractivity contribution >= 4 is 5.69 Å². The first kappa shape index (κ1) is 14.0. The monoisotopic (exact) mass is 289 g/mol. The van der Waals surface area contributed by atoms with E-state index in [1.165, 1.54) is 18.9 Å². The first-order valence-corrected chi connectivity index (χ1v) is 7.41. The topological polar surface area (TPSA) is 69.6 Å². The number of rotatable bonds is 2. The van der Waals surface area contributed by atoms with Gasteiger partial charge >= 0.3 is 0 Å². The van der Waals surface area contributed by atoms with Gasteiger partial charge in [0.15, 0.2) is 5.82 Å². The molecular formula is C15H20FN5. The highest BCUT2D eigenvalue weighted by atomic mass is 19.1. The summed E-state index contributed by atoms with van der Waals surface area (Å²) in [5.41, 5.74) is 6.33. The van der Waals surface area contributed by atoms with Crippen molar-refractivity contribution in [3.63, 3.8) is 0 Å². The molecule has 3 unspecified atom stereocenters. The molecule has 0 amide bonds. The molecule has 1 heterocycles. The number of halogens is 1. The molecule has 21 heavy (non-hydrogen) atoms. The van der Waals surface area contributed by atoms with Crippen molar-refractivity contribution in [2.45, 2.75) is 39.2 Å². The van der Waals surface area contributed by atoms with Crippen molar-refractivity contribution in [2.75, 3.05) is 5.73 Å². The quantitative estimate of drug-likeness (QED) is 0.863. The molecule has 0 bridgehead atoms. The summed E-state index contributed by atoms with van der Waals surface area (Å²) >= 11 is 0. The van der Waals surface area contributed by atoms with E-state index in [0.29, 0.717) is 23.2 Å². The van der Waals surface area contributed by atoms with Crippen LogP contribution in [0, 0.1) is 17.7 Å². The van der Waals surface area contributed by atoms with Crippen molar-refractivity contribution in [3.8, 4) is 11.4 Å². The van der Waals surface area contributed by atoms with Crippen LogP contribution in [0.25, 0.3) is 11.4 Å². The number of hydrogen-bond donors (Lipinski definition) is 1. The van der Waals surface area contributed by atoms with Gasteiger partial charge in [0.1, 0.15) is 5.82 Å². The minimum absolute atomic E-state index is 0.137. The molecule has 0 saturated heterocycles. The molecule has 2 N–H and O–H groups in total. The van der Waals surface area contributed by atoms with Crippen molar-refractivity contribution in [1.29, 1.82) is 0 Å². The fourth-order valence-corrected chi connectivity index (χ4v) is 3.17. The Bertz CT molecular complexity index is 639. The van der Waals surface area contributed by atoms with E-state index < -0.39 is 5.82 Å². The van der Waals surface area contributed by atoms with Gasteiger partial charge in [-0.1, -0.05) is 26.7 Å². The van der Waals surface area contributed by atoms with Crippen LogP contribution in [0.1, 0.15) is 39.2 Å². The third kappa shape index (κ3) is 2.50. The second-order valence-corrected chi connectivity index (χ2v) is 6.02. The summed E-state index contributed by atoms with van der Waals surface area (Å²) in [4.78, 5) is 0. The van der Waals surface area contributed by atoms with E-state index in [0.717, 1.165) is 6.42 Å². The Hall–Kier alpha value is -1.98. The molecule has 6 heteroatoms. The van der Waals surface area contributed by atoms with Gasteiger partial charge in [-0.25, -0.2) is 9.07 Å². The maximum atomic E-state index is 13.7. The van der Waals surface area contributed by atoms with Crippen LogP contribution in [0.3, 0.4) is 0 Å². The molecule has 2 aromatic rings. The third-order valence-electron chi connectivity index (χ3n) is 4.73. The summed E-state index contributed by atoms with van der Waals surface area (Å²) in [5.74, 6) is 1.32. The van der Waals surface area contributed by atoms with Crippen LogP contribution in [0.2, 0.25) is 0 Å². The van der Waals surface area contributed by atoms with Gasteiger partial charge < -0.3 is 5.73 Å². The van der Waals surface area contributed by atoms with Gasteiger partial charge in [0.05, 0.1) is 11.7 Å². The van der Waals surface area contributed by atoms with Gasteiger partial charge in [-0.3, -0.25) is 0 Å². The lowest BCUT2D eigenvalue weighted by Gasteiger charge is -2.34. The molecule has 1 aromatic carbocycles. The Morgan fingerprint density at radius 2 is 2.10 bits per heavy atom. The smallest absolute Gasteiger partial charge is 0.182 e. The molecule has 1 fully saturated rings. The normalized spacial score (nSPS) is 26.0. The van der Waals surface area contributed by atoms with E-state index in [9.17, 15) is 4.39 Å². The molecule has 1 aliphatic rings. The molecule has 3 atom stereocenters. The molecule has 0 radical (unpaired) electrons. The average molecular weight is 289 g/mol. The van der Waals surface area contributed by atoms with E-state index in [4.69, 9.17) is 5.73 Å². The largest absolute Gasteiger partial charge is 0.396 e. The lowest BCUT2D eigenvalue weighted by atomic mass is 9.78. The number of nitrogens with zero attached hydrogens (tertiary/aromatic N) is 4. The Balaban J connectivity index is 1.98. The number of hydrogen-bond acceptors (Lipinski definition) is 4. The highest BCUT2D eigenvalue weighted by molar-refractivity contribution is 5.59. The molecule has 1 aromatic heterocycles. The summed E-state index contributed by atoms with van der Waals surface area (Å²) in [6.07, 6.45) is 3.47. The van der Waals surface area contributed by atoms with Gasteiger partial charge in [-0.2, -0.15) is 0 Å². The average Bonchev–Trinajstić information content (AvgIpc) is 2.94. The maximum absolute atomic E-state index is 13.7. The first-order valence-electron chi connectivity index (χ1n) is 7.41. The predicted molar refractivity (Wildman–Crippen MR) is 78.8 cm³/mol. The first-order chi connectivity index (χ1) is 10.1. The van der Waals surface area contributed by atoms with Crippen LogP contribution in [0.4, 0.5) is 10.1 Å². The Kier molecular flexibility index (Phi) is 3.61. The van der Waals surface area contributed by atoms with Crippen LogP contribution < -0.4 is 5.73 Å². The highest BCUT2D eigenvalue weighted by Gasteiger charge is 2.31. The zero-order valence-corrected chi connectivity index (χ0v) is 12.3. The Morgan fingerprint density at radius 3 is 2.86 bits per heavy atom. The van der Waals surface area contributed by atoms with Gasteiger partial charge in [0.25, 0.3) is 0 Å². The minimum Gasteiger partial charge on any atom is -0.396 e. The summed E-state index contributed by atoms with van der Waals surface area (Å²) in [7, 11) is 0. The lowest BCUT2D eigenvalue weighted by molar-refractivity contribution is 0.174. The highest BCUT2D eigenvalue weighted by Crippen LogP contribution is 2.38. The standard InChI is InChI=1S/C15H20FN5/c1-9-4-3-5-14(10(9)2)21-15(18-19-20-21)11-6-7-13(17)12(16)8-11/h6-10,14H,3-5,17H2,1-2H3. The fraction of sp³-hybridized carbons (Fsp3) is 0.533. The molecular weight excluding hydrogens is 269 g/mol. The van der Waals surface area contributed by atoms with Gasteiger partial charge in [-0.05, 0) is 46.9 Å². The van der Waals surface area contributed by atoms with Crippen LogP contribution in [-0.2, 0) is 0 Å². The van der Waals surface area contributed by atoms with Gasteiger partial charge in [0, 0.05) is 5.56 Å². The number of nitrogen functional groups attached to an aromatic ring is 1. The van der Waals surface area contributed by atoms with Crippen molar-refractivity contribution in [2.24, 2.45) is 11.8 Å². The van der Waals surface area contributed by atoms with Crippen molar-refractivity contribution in [3.05, 3.63) is 24.0 Å². The minimum atomic E-state index is -0.438. The van der Waals surface area contributed by atoms with Crippen molar-refractivity contribution in [1.82, 2.24) is 20.2 Å². The van der Waals surface area contributed by atoms with E-state index >= 15 is 0 Å². The number of benzene rings is 1. The molecule has 0 aliphatic heterocycles. The zero-order valence-electron chi connectivity index (χ0n) is 12.3. The van der Waals surface area contributed by atoms with E-state index in [1.807, 2.05) is 4.68 Å². The number of anilines is 1. The molecule has 112 valence electrons. The van der Waals surface area contributed by atoms with Crippen LogP contribution in [0.15, 0.2) is 18.2 Å². The molecule has 0 spiro atoms. The second kappa shape index (κ2) is 5.42. The summed E-state index contributed by atoms with van der Waals surface area (Å²) < 4.78 is 15.5. The lowest BCUT2D eigenvalue weighted by Crippen LogP contribution is -2.28. The molecule has 3 rings (SSSR count). The maximum Gasteiger partial charge on any atom is 0.182 e. The summed E-state index contributed by atoms with van der Waals surface area (Å²) in [6, 6.07) is 4.97. The third-order valence-corrected chi connectivity index (χ3v) is 4.73. The van der Waals surface area contributed by atoms with Crippen LogP contribution >= 0.6 is 0 Å². The number of tetrazole rings is 1. The molecule has 1 saturated carbocycles. The molecule has 1 aliphatic carbocycles. The van der Waals surface area contributed by atoms with Crippen molar-refractivity contribution < 1.29 is 4.39 Å². The number of aromatic nitrogens is 4. The van der Waals surface area contributed by atoms with E-state index in [2.05, 4.69) is 29.4 Å². The zero-order chi connectivity index (χ0) is 15.0. The summed E-state index contributed by atoms with van der Waals surface area (Å²) in [5, 5.41) is 12.0. The molecule has 5 nitrogen and oxygen atoms in total. The van der Waals surface area contributed by atoms with Gasteiger partial charge in [-0.15, -0.1) is 5.10 Å². The number of nitrogens with two attached hydrogens (primary N) is 1. The Morgan fingerprint density at radius 1 is 1.29 bits per heavy atom. The Labute approximate surface area is 123 Å².